The van der Waals surface area contributed by atoms with E-state index < -0.39 is 0 Å². The lowest BCUT2D eigenvalue weighted by Crippen LogP contribution is -2.26. The molecule has 0 unspecified atom stereocenters. The van der Waals surface area contributed by atoms with Gasteiger partial charge in [-0.25, -0.2) is 0 Å². The highest BCUT2D eigenvalue weighted by Gasteiger charge is 2.03. The fourth-order valence-corrected chi connectivity index (χ4v) is 2.28. The van der Waals surface area contributed by atoms with Crippen molar-refractivity contribution < 1.29 is 0 Å². The molecule has 0 spiro atoms. The molecule has 0 fully saturated rings. The monoisotopic (exact) mass is 284 g/mol. The third-order valence-corrected chi connectivity index (χ3v) is 3.93. The molecule has 1 aromatic carbocycles. The smallest absolute Gasteiger partial charge is 0.254 e. The molecular formula is C18H24N2O. The van der Waals surface area contributed by atoms with E-state index in [4.69, 9.17) is 0 Å². The lowest BCUT2D eigenvalue weighted by Gasteiger charge is -2.09. The summed E-state index contributed by atoms with van der Waals surface area (Å²) in [6.45, 7) is 7.70. The van der Waals surface area contributed by atoms with Crippen molar-refractivity contribution in [3.05, 3.63) is 69.1 Å². The first-order chi connectivity index (χ1) is 9.99. The summed E-state index contributed by atoms with van der Waals surface area (Å²) in [4.78, 5) is 12.1. The molecule has 21 heavy (non-hydrogen) atoms. The second-order valence-electron chi connectivity index (χ2n) is 5.86. The molecule has 2 rings (SSSR count). The summed E-state index contributed by atoms with van der Waals surface area (Å²) in [5.74, 6) is 0.558. The largest absolute Gasteiger partial charge is 0.316 e. The summed E-state index contributed by atoms with van der Waals surface area (Å²) in [5, 5.41) is 3.34. The molecule has 112 valence electrons. The average molecular weight is 284 g/mol. The van der Waals surface area contributed by atoms with E-state index >= 15 is 0 Å². The van der Waals surface area contributed by atoms with Gasteiger partial charge in [0.1, 0.15) is 0 Å². The maximum Gasteiger partial charge on any atom is 0.254 e. The van der Waals surface area contributed by atoms with Gasteiger partial charge in [0.2, 0.25) is 0 Å². The summed E-state index contributed by atoms with van der Waals surface area (Å²) in [6, 6.07) is 12.5. The zero-order valence-electron chi connectivity index (χ0n) is 13.3. The minimum atomic E-state index is 0.0812. The lowest BCUT2D eigenvalue weighted by atomic mass is 10.0. The number of aromatic nitrogens is 1. The normalized spacial score (nSPS) is 11.1. The standard InChI is InChI=1S/C18H24N2O/c1-13(2)16-9-6-15(7-10-16)11-19-12-17-8-5-14(3)20(4)18(17)21/h5-10,13,19H,11-12H2,1-4H3. The SMILES string of the molecule is Cc1ccc(CNCc2ccc(C(C)C)cc2)c(=O)n1C. The first-order valence-corrected chi connectivity index (χ1v) is 7.44. The zero-order valence-corrected chi connectivity index (χ0v) is 13.3. The molecule has 3 nitrogen and oxygen atoms in total. The first kappa shape index (κ1) is 15.5. The Morgan fingerprint density at radius 1 is 1.05 bits per heavy atom. The van der Waals surface area contributed by atoms with Gasteiger partial charge in [-0.3, -0.25) is 4.79 Å². The highest BCUT2D eigenvalue weighted by Crippen LogP contribution is 2.14. The van der Waals surface area contributed by atoms with Crippen molar-refractivity contribution in [1.29, 1.82) is 0 Å². The van der Waals surface area contributed by atoms with Gasteiger partial charge in [-0.1, -0.05) is 44.2 Å². The summed E-state index contributed by atoms with van der Waals surface area (Å²) >= 11 is 0. The van der Waals surface area contributed by atoms with Crippen LogP contribution in [0.25, 0.3) is 0 Å². The molecule has 0 radical (unpaired) electrons. The van der Waals surface area contributed by atoms with Crippen LogP contribution in [-0.4, -0.2) is 4.57 Å². The van der Waals surface area contributed by atoms with Gasteiger partial charge in [-0.15, -0.1) is 0 Å². The Balaban J connectivity index is 1.95. The lowest BCUT2D eigenvalue weighted by molar-refractivity contribution is 0.674. The Labute approximate surface area is 126 Å². The van der Waals surface area contributed by atoms with Crippen molar-refractivity contribution in [2.24, 2.45) is 7.05 Å². The number of benzene rings is 1. The van der Waals surface area contributed by atoms with Crippen molar-refractivity contribution in [1.82, 2.24) is 9.88 Å². The van der Waals surface area contributed by atoms with E-state index in [0.717, 1.165) is 17.8 Å². The summed E-state index contributed by atoms with van der Waals surface area (Å²) in [7, 11) is 1.81. The number of aryl methyl sites for hydroxylation is 1. The van der Waals surface area contributed by atoms with Gasteiger partial charge in [0.05, 0.1) is 0 Å². The Morgan fingerprint density at radius 2 is 1.71 bits per heavy atom. The third kappa shape index (κ3) is 3.82. The molecule has 0 bridgehead atoms. The molecular weight excluding hydrogens is 260 g/mol. The summed E-state index contributed by atoms with van der Waals surface area (Å²) < 4.78 is 1.69. The molecule has 1 aromatic heterocycles. The quantitative estimate of drug-likeness (QED) is 0.915. The van der Waals surface area contributed by atoms with E-state index in [1.807, 2.05) is 26.1 Å². The number of rotatable bonds is 5. The Morgan fingerprint density at radius 3 is 2.33 bits per heavy atom. The van der Waals surface area contributed by atoms with Gasteiger partial charge >= 0.3 is 0 Å². The molecule has 1 heterocycles. The zero-order chi connectivity index (χ0) is 15.4. The van der Waals surface area contributed by atoms with Crippen LogP contribution in [0.4, 0.5) is 0 Å². The fraction of sp³-hybridized carbons (Fsp3) is 0.389. The van der Waals surface area contributed by atoms with E-state index in [1.165, 1.54) is 11.1 Å². The van der Waals surface area contributed by atoms with Crippen LogP contribution in [0, 0.1) is 6.92 Å². The Hall–Kier alpha value is -1.87. The van der Waals surface area contributed by atoms with Crippen LogP contribution in [0.5, 0.6) is 0 Å². The second-order valence-corrected chi connectivity index (χ2v) is 5.86. The van der Waals surface area contributed by atoms with Crippen molar-refractivity contribution in [3.63, 3.8) is 0 Å². The van der Waals surface area contributed by atoms with Gasteiger partial charge in [-0.2, -0.15) is 0 Å². The van der Waals surface area contributed by atoms with E-state index in [1.54, 1.807) is 4.57 Å². The van der Waals surface area contributed by atoms with Crippen LogP contribution in [0.2, 0.25) is 0 Å². The molecule has 0 atom stereocenters. The maximum absolute atomic E-state index is 12.1. The third-order valence-electron chi connectivity index (χ3n) is 3.93. The van der Waals surface area contributed by atoms with E-state index in [0.29, 0.717) is 12.5 Å². The predicted molar refractivity (Wildman–Crippen MR) is 87.5 cm³/mol. The minimum Gasteiger partial charge on any atom is -0.316 e. The van der Waals surface area contributed by atoms with Crippen LogP contribution in [0.1, 0.15) is 42.1 Å². The average Bonchev–Trinajstić information content (AvgIpc) is 2.48. The van der Waals surface area contributed by atoms with Gasteiger partial charge in [0.25, 0.3) is 5.56 Å². The minimum absolute atomic E-state index is 0.0812. The molecule has 3 heteroatoms. The van der Waals surface area contributed by atoms with Crippen molar-refractivity contribution in [3.8, 4) is 0 Å². The van der Waals surface area contributed by atoms with Gasteiger partial charge in [0, 0.05) is 31.4 Å². The molecule has 0 saturated heterocycles. The highest BCUT2D eigenvalue weighted by atomic mass is 16.1. The number of nitrogens with zero attached hydrogens (tertiary/aromatic N) is 1. The Kier molecular flexibility index (Phi) is 4.97. The molecule has 0 aliphatic heterocycles. The number of hydrogen-bond acceptors (Lipinski definition) is 2. The van der Waals surface area contributed by atoms with Crippen molar-refractivity contribution in [2.45, 2.75) is 39.8 Å². The molecule has 0 saturated carbocycles. The Bertz CT molecular complexity index is 654. The van der Waals surface area contributed by atoms with E-state index in [9.17, 15) is 4.79 Å². The van der Waals surface area contributed by atoms with Gasteiger partial charge in [0.15, 0.2) is 0 Å². The number of hydrogen-bond donors (Lipinski definition) is 1. The van der Waals surface area contributed by atoms with Crippen molar-refractivity contribution >= 4 is 0 Å². The van der Waals surface area contributed by atoms with Crippen LogP contribution in [0.15, 0.2) is 41.2 Å². The van der Waals surface area contributed by atoms with Crippen molar-refractivity contribution in [2.75, 3.05) is 0 Å². The van der Waals surface area contributed by atoms with Crippen LogP contribution < -0.4 is 10.9 Å². The molecule has 1 N–H and O–H groups in total. The van der Waals surface area contributed by atoms with Gasteiger partial charge in [-0.05, 0) is 30.0 Å². The number of pyridine rings is 1. The van der Waals surface area contributed by atoms with Crippen LogP contribution in [0.3, 0.4) is 0 Å². The second kappa shape index (κ2) is 6.72. The number of nitrogens with one attached hydrogen (secondary N) is 1. The van der Waals surface area contributed by atoms with Crippen LogP contribution in [-0.2, 0) is 20.1 Å². The van der Waals surface area contributed by atoms with Gasteiger partial charge < -0.3 is 9.88 Å². The molecule has 2 aromatic rings. The summed E-state index contributed by atoms with van der Waals surface area (Å²) in [6.07, 6.45) is 0. The predicted octanol–water partition coefficient (Wildman–Crippen LogP) is 3.11. The van der Waals surface area contributed by atoms with E-state index in [-0.39, 0.29) is 5.56 Å². The molecule has 0 aliphatic carbocycles. The maximum atomic E-state index is 12.1. The molecule has 0 amide bonds. The first-order valence-electron chi connectivity index (χ1n) is 7.44. The summed E-state index contributed by atoms with van der Waals surface area (Å²) in [5.41, 5.74) is 4.46. The molecule has 0 aliphatic rings. The topological polar surface area (TPSA) is 34.0 Å². The van der Waals surface area contributed by atoms with Crippen LogP contribution >= 0.6 is 0 Å². The van der Waals surface area contributed by atoms with E-state index in [2.05, 4.69) is 43.4 Å². The fourth-order valence-electron chi connectivity index (χ4n) is 2.28. The highest BCUT2D eigenvalue weighted by molar-refractivity contribution is 5.24.